The van der Waals surface area contributed by atoms with E-state index in [-0.39, 0.29) is 5.69 Å². The van der Waals surface area contributed by atoms with Gasteiger partial charge in [0.2, 0.25) is 0 Å². The Morgan fingerprint density at radius 1 is 0.947 bits per heavy atom. The molecule has 0 N–H and O–H groups in total. The van der Waals surface area contributed by atoms with Gasteiger partial charge in [-0.3, -0.25) is 9.59 Å². The maximum absolute atomic E-state index is 13.9. The number of anilines is 1. The van der Waals surface area contributed by atoms with Crippen LogP contribution in [0.25, 0.3) is 0 Å². The summed E-state index contributed by atoms with van der Waals surface area (Å²) in [5.41, 5.74) is 0.535. The predicted octanol–water partition coefficient (Wildman–Crippen LogP) is 2.92. The zero-order chi connectivity index (χ0) is 13.6. The van der Waals surface area contributed by atoms with Crippen LogP contribution >= 0.6 is 12.6 Å². The molecule has 19 heavy (non-hydrogen) atoms. The summed E-state index contributed by atoms with van der Waals surface area (Å²) < 4.78 is 13.9. The molecule has 1 aliphatic heterocycles. The summed E-state index contributed by atoms with van der Waals surface area (Å²) in [7, 11) is 0. The number of fused-ring (bicyclic) bond motifs is 1. The fourth-order valence-corrected chi connectivity index (χ4v) is 2.27. The van der Waals surface area contributed by atoms with E-state index in [2.05, 4.69) is 12.6 Å². The van der Waals surface area contributed by atoms with Crippen LogP contribution in [0.5, 0.6) is 0 Å². The number of thiol groups is 1. The van der Waals surface area contributed by atoms with Crippen molar-refractivity contribution in [2.45, 2.75) is 4.90 Å². The molecule has 0 unspecified atom stereocenters. The molecular weight excluding hydrogens is 265 g/mol. The van der Waals surface area contributed by atoms with Gasteiger partial charge in [0.25, 0.3) is 11.8 Å². The molecule has 3 rings (SSSR count). The molecule has 2 amide bonds. The minimum atomic E-state index is -0.651. The van der Waals surface area contributed by atoms with E-state index in [0.29, 0.717) is 16.0 Å². The number of hydrogen-bond acceptors (Lipinski definition) is 3. The van der Waals surface area contributed by atoms with E-state index in [1.807, 2.05) is 0 Å². The molecule has 1 aliphatic rings. The third-order valence-corrected chi connectivity index (χ3v) is 3.24. The first-order chi connectivity index (χ1) is 9.09. The first-order valence-corrected chi connectivity index (χ1v) is 6.00. The monoisotopic (exact) mass is 273 g/mol. The number of benzene rings is 2. The van der Waals surface area contributed by atoms with E-state index in [0.717, 1.165) is 4.90 Å². The average molecular weight is 273 g/mol. The number of carbonyl (C=O) groups excluding carboxylic acids is 2. The molecule has 94 valence electrons. The molecule has 2 aromatic carbocycles. The van der Waals surface area contributed by atoms with Gasteiger partial charge in [-0.15, -0.1) is 12.6 Å². The van der Waals surface area contributed by atoms with Gasteiger partial charge in [-0.1, -0.05) is 12.1 Å². The van der Waals surface area contributed by atoms with Crippen LogP contribution in [-0.4, -0.2) is 11.8 Å². The molecular formula is C14H8FNO2S. The lowest BCUT2D eigenvalue weighted by molar-refractivity contribution is 0.0925. The van der Waals surface area contributed by atoms with Gasteiger partial charge in [0, 0.05) is 4.90 Å². The third-order valence-electron chi connectivity index (χ3n) is 2.97. The molecule has 0 saturated heterocycles. The lowest BCUT2D eigenvalue weighted by Crippen LogP contribution is -2.30. The van der Waals surface area contributed by atoms with Crippen LogP contribution in [0.1, 0.15) is 20.7 Å². The molecule has 0 fully saturated rings. The van der Waals surface area contributed by atoms with E-state index in [1.165, 1.54) is 18.2 Å². The SMILES string of the molecule is O=C1c2ccccc2C(=O)N1c1ccc(S)cc1F. The van der Waals surface area contributed by atoms with Crippen LogP contribution in [0, 0.1) is 5.82 Å². The number of imide groups is 1. The summed E-state index contributed by atoms with van der Waals surface area (Å²) in [4.78, 5) is 25.6. The summed E-state index contributed by atoms with van der Waals surface area (Å²) in [6.45, 7) is 0. The van der Waals surface area contributed by atoms with Crippen molar-refractivity contribution in [2.24, 2.45) is 0 Å². The van der Waals surface area contributed by atoms with Crippen molar-refractivity contribution in [3.05, 3.63) is 59.4 Å². The second-order valence-corrected chi connectivity index (χ2v) is 4.64. The van der Waals surface area contributed by atoms with Crippen LogP contribution in [0.4, 0.5) is 10.1 Å². The van der Waals surface area contributed by atoms with Crippen molar-refractivity contribution in [3.63, 3.8) is 0 Å². The van der Waals surface area contributed by atoms with E-state index >= 15 is 0 Å². The predicted molar refractivity (Wildman–Crippen MR) is 71.2 cm³/mol. The Labute approximate surface area is 114 Å². The van der Waals surface area contributed by atoms with E-state index in [1.54, 1.807) is 24.3 Å². The number of rotatable bonds is 1. The van der Waals surface area contributed by atoms with E-state index in [9.17, 15) is 14.0 Å². The van der Waals surface area contributed by atoms with Gasteiger partial charge in [0.05, 0.1) is 16.8 Å². The highest BCUT2D eigenvalue weighted by Gasteiger charge is 2.37. The fraction of sp³-hybridized carbons (Fsp3) is 0. The molecule has 5 heteroatoms. The Balaban J connectivity index is 2.14. The minimum absolute atomic E-state index is 0.0519. The number of amides is 2. The highest BCUT2D eigenvalue weighted by atomic mass is 32.1. The van der Waals surface area contributed by atoms with Gasteiger partial charge in [-0.25, -0.2) is 9.29 Å². The van der Waals surface area contributed by atoms with Crippen molar-refractivity contribution >= 4 is 30.1 Å². The summed E-state index contributed by atoms with van der Waals surface area (Å²) >= 11 is 4.01. The first kappa shape index (κ1) is 11.9. The topological polar surface area (TPSA) is 37.4 Å². The minimum Gasteiger partial charge on any atom is -0.268 e. The Hall–Kier alpha value is -2.14. The Morgan fingerprint density at radius 3 is 2.05 bits per heavy atom. The molecule has 0 bridgehead atoms. The van der Waals surface area contributed by atoms with Gasteiger partial charge >= 0.3 is 0 Å². The Kier molecular flexibility index (Phi) is 2.64. The second kappa shape index (κ2) is 4.20. The molecule has 3 nitrogen and oxygen atoms in total. The third kappa shape index (κ3) is 1.74. The average Bonchev–Trinajstić information content (AvgIpc) is 2.64. The van der Waals surface area contributed by atoms with Crippen molar-refractivity contribution < 1.29 is 14.0 Å². The smallest absolute Gasteiger partial charge is 0.266 e. The van der Waals surface area contributed by atoms with Gasteiger partial charge in [-0.05, 0) is 30.3 Å². The Morgan fingerprint density at radius 2 is 1.53 bits per heavy atom. The fourth-order valence-electron chi connectivity index (χ4n) is 2.09. The number of nitrogens with zero attached hydrogens (tertiary/aromatic N) is 1. The summed E-state index contributed by atoms with van der Waals surface area (Å²) in [5, 5.41) is 0. The summed E-state index contributed by atoms with van der Waals surface area (Å²) in [6, 6.07) is 10.5. The molecule has 0 aliphatic carbocycles. The summed E-state index contributed by atoms with van der Waals surface area (Å²) in [6.07, 6.45) is 0. The largest absolute Gasteiger partial charge is 0.268 e. The molecule has 1 heterocycles. The molecule has 0 aromatic heterocycles. The van der Waals surface area contributed by atoms with Crippen LogP contribution in [0.3, 0.4) is 0 Å². The maximum Gasteiger partial charge on any atom is 0.266 e. The van der Waals surface area contributed by atoms with Crippen LogP contribution < -0.4 is 4.90 Å². The van der Waals surface area contributed by atoms with Crippen molar-refractivity contribution in [2.75, 3.05) is 4.90 Å². The zero-order valence-electron chi connectivity index (χ0n) is 9.63. The number of halogens is 1. The zero-order valence-corrected chi connectivity index (χ0v) is 10.5. The lowest BCUT2D eigenvalue weighted by atomic mass is 10.1. The van der Waals surface area contributed by atoms with Gasteiger partial charge in [-0.2, -0.15) is 0 Å². The summed E-state index contributed by atoms with van der Waals surface area (Å²) in [5.74, 6) is -1.67. The van der Waals surface area contributed by atoms with Crippen LogP contribution in [0.15, 0.2) is 47.4 Å². The molecule has 0 radical (unpaired) electrons. The lowest BCUT2D eigenvalue weighted by Gasteiger charge is -2.14. The van der Waals surface area contributed by atoms with E-state index < -0.39 is 17.6 Å². The highest BCUT2D eigenvalue weighted by Crippen LogP contribution is 2.30. The van der Waals surface area contributed by atoms with Gasteiger partial charge in [0.1, 0.15) is 5.82 Å². The highest BCUT2D eigenvalue weighted by molar-refractivity contribution is 7.80. The maximum atomic E-state index is 13.9. The molecule has 0 atom stereocenters. The normalized spacial score (nSPS) is 13.9. The Bertz CT molecular complexity index is 679. The first-order valence-electron chi connectivity index (χ1n) is 5.56. The number of hydrogen-bond donors (Lipinski definition) is 1. The number of carbonyl (C=O) groups is 2. The standard InChI is InChI=1S/C14H8FNO2S/c15-11-7-8(19)5-6-12(11)16-13(17)9-3-1-2-4-10(9)14(16)18/h1-7,19H. The van der Waals surface area contributed by atoms with Crippen LogP contribution in [-0.2, 0) is 0 Å². The molecule has 0 spiro atoms. The van der Waals surface area contributed by atoms with Crippen LogP contribution in [0.2, 0.25) is 0 Å². The van der Waals surface area contributed by atoms with Gasteiger partial charge in [0.15, 0.2) is 0 Å². The van der Waals surface area contributed by atoms with Gasteiger partial charge < -0.3 is 0 Å². The molecule has 0 saturated carbocycles. The molecule has 2 aromatic rings. The van der Waals surface area contributed by atoms with Crippen molar-refractivity contribution in [1.29, 1.82) is 0 Å². The quantitative estimate of drug-likeness (QED) is 0.640. The van der Waals surface area contributed by atoms with E-state index in [4.69, 9.17) is 0 Å². The van der Waals surface area contributed by atoms with Crippen molar-refractivity contribution in [1.82, 2.24) is 0 Å². The second-order valence-electron chi connectivity index (χ2n) is 4.13. The van der Waals surface area contributed by atoms with Crippen molar-refractivity contribution in [3.8, 4) is 0 Å².